The van der Waals surface area contributed by atoms with Crippen molar-refractivity contribution >= 4 is 17.3 Å². The molecular weight excluding hydrogens is 247 g/mol. The van der Waals surface area contributed by atoms with E-state index in [0.29, 0.717) is 6.54 Å². The van der Waals surface area contributed by atoms with Crippen molar-refractivity contribution in [3.8, 4) is 0 Å². The predicted molar refractivity (Wildman–Crippen MR) is 60.9 cm³/mol. The summed E-state index contributed by atoms with van der Waals surface area (Å²) in [6.45, 7) is 0.320. The largest absolute Gasteiger partial charge is 0.418 e. The van der Waals surface area contributed by atoms with Crippen molar-refractivity contribution in [3.63, 3.8) is 0 Å². The SMILES string of the molecule is Nc1ccc(NC2CNC(=O)C2)c(C(F)(F)F)c1. The lowest BCUT2D eigenvalue weighted by atomic mass is 10.1. The van der Waals surface area contributed by atoms with Crippen molar-refractivity contribution in [2.24, 2.45) is 0 Å². The molecule has 1 heterocycles. The lowest BCUT2D eigenvalue weighted by molar-refractivity contribution is -0.136. The third-order valence-corrected chi connectivity index (χ3v) is 2.69. The zero-order valence-corrected chi connectivity index (χ0v) is 9.34. The van der Waals surface area contributed by atoms with Gasteiger partial charge in [-0.25, -0.2) is 0 Å². The zero-order valence-electron chi connectivity index (χ0n) is 9.34. The molecule has 0 aliphatic carbocycles. The maximum Gasteiger partial charge on any atom is 0.418 e. The highest BCUT2D eigenvalue weighted by Crippen LogP contribution is 2.36. The molecule has 1 atom stereocenters. The first kappa shape index (κ1) is 12.5. The van der Waals surface area contributed by atoms with Crippen LogP contribution in [0.2, 0.25) is 0 Å². The molecule has 0 aromatic heterocycles. The number of benzene rings is 1. The van der Waals surface area contributed by atoms with E-state index in [1.807, 2.05) is 0 Å². The fourth-order valence-corrected chi connectivity index (χ4v) is 1.85. The van der Waals surface area contributed by atoms with Gasteiger partial charge in [0, 0.05) is 24.3 Å². The fraction of sp³-hybridized carbons (Fsp3) is 0.364. The summed E-state index contributed by atoms with van der Waals surface area (Å²) >= 11 is 0. The van der Waals surface area contributed by atoms with Gasteiger partial charge in [-0.2, -0.15) is 13.2 Å². The molecule has 1 aromatic rings. The summed E-state index contributed by atoms with van der Waals surface area (Å²) < 4.78 is 38.4. The first-order valence-electron chi connectivity index (χ1n) is 5.36. The quantitative estimate of drug-likeness (QED) is 0.706. The average molecular weight is 259 g/mol. The van der Waals surface area contributed by atoms with Gasteiger partial charge < -0.3 is 16.4 Å². The summed E-state index contributed by atoms with van der Waals surface area (Å²) in [5, 5.41) is 5.27. The van der Waals surface area contributed by atoms with Gasteiger partial charge >= 0.3 is 6.18 Å². The van der Waals surface area contributed by atoms with E-state index in [1.54, 1.807) is 0 Å². The smallest absolute Gasteiger partial charge is 0.399 e. The third-order valence-electron chi connectivity index (χ3n) is 2.69. The molecule has 4 N–H and O–H groups in total. The number of hydrogen-bond donors (Lipinski definition) is 3. The zero-order chi connectivity index (χ0) is 13.3. The maximum atomic E-state index is 12.8. The number of nitrogens with two attached hydrogens (primary N) is 1. The summed E-state index contributed by atoms with van der Waals surface area (Å²) in [4.78, 5) is 11.0. The second kappa shape index (κ2) is 4.40. The Kier molecular flexibility index (Phi) is 3.06. The van der Waals surface area contributed by atoms with Crippen molar-refractivity contribution < 1.29 is 18.0 Å². The van der Waals surface area contributed by atoms with Gasteiger partial charge in [-0.1, -0.05) is 0 Å². The van der Waals surface area contributed by atoms with E-state index in [0.717, 1.165) is 6.07 Å². The molecule has 1 aliphatic heterocycles. The number of nitrogens with one attached hydrogen (secondary N) is 2. The van der Waals surface area contributed by atoms with Gasteiger partial charge in [0.25, 0.3) is 0 Å². The van der Waals surface area contributed by atoms with E-state index in [-0.39, 0.29) is 29.7 Å². The molecule has 1 aromatic carbocycles. The minimum Gasteiger partial charge on any atom is -0.399 e. The van der Waals surface area contributed by atoms with Crippen molar-refractivity contribution in [2.75, 3.05) is 17.6 Å². The maximum absolute atomic E-state index is 12.8. The minimum atomic E-state index is -4.48. The van der Waals surface area contributed by atoms with Crippen LogP contribution in [0.15, 0.2) is 18.2 Å². The Labute approximate surface area is 101 Å². The number of carbonyl (C=O) groups is 1. The second-order valence-corrected chi connectivity index (χ2v) is 4.15. The van der Waals surface area contributed by atoms with Crippen LogP contribution in [0.4, 0.5) is 24.5 Å². The van der Waals surface area contributed by atoms with Crippen molar-refractivity contribution in [1.29, 1.82) is 0 Å². The number of alkyl halides is 3. The molecule has 1 aliphatic rings. The summed E-state index contributed by atoms with van der Waals surface area (Å²) in [6, 6.07) is 3.22. The molecule has 1 fully saturated rings. The van der Waals surface area contributed by atoms with E-state index in [9.17, 15) is 18.0 Å². The van der Waals surface area contributed by atoms with Gasteiger partial charge in [0.15, 0.2) is 0 Å². The molecule has 98 valence electrons. The molecule has 0 bridgehead atoms. The fourth-order valence-electron chi connectivity index (χ4n) is 1.85. The number of halogens is 3. The normalized spacial score (nSPS) is 19.7. The summed E-state index contributed by atoms with van der Waals surface area (Å²) in [6.07, 6.45) is -4.31. The van der Waals surface area contributed by atoms with Gasteiger partial charge in [0.05, 0.1) is 11.6 Å². The molecule has 4 nitrogen and oxygen atoms in total. The number of amides is 1. The number of nitrogen functional groups attached to an aromatic ring is 1. The molecule has 0 radical (unpaired) electrons. The van der Waals surface area contributed by atoms with Crippen LogP contribution in [0.1, 0.15) is 12.0 Å². The van der Waals surface area contributed by atoms with Gasteiger partial charge in [-0.15, -0.1) is 0 Å². The van der Waals surface area contributed by atoms with Crippen molar-refractivity contribution in [1.82, 2.24) is 5.32 Å². The Bertz CT molecular complexity index is 473. The number of rotatable bonds is 2. The minimum absolute atomic E-state index is 0.0495. The first-order chi connectivity index (χ1) is 8.36. The second-order valence-electron chi connectivity index (χ2n) is 4.15. The van der Waals surface area contributed by atoms with E-state index < -0.39 is 11.7 Å². The molecule has 7 heteroatoms. The first-order valence-corrected chi connectivity index (χ1v) is 5.36. The van der Waals surface area contributed by atoms with Crippen molar-refractivity contribution in [2.45, 2.75) is 18.6 Å². The summed E-state index contributed by atoms with van der Waals surface area (Å²) in [5.41, 5.74) is 4.53. The van der Waals surface area contributed by atoms with Crippen LogP contribution in [-0.4, -0.2) is 18.5 Å². The molecule has 1 unspecified atom stereocenters. The lowest BCUT2D eigenvalue weighted by Crippen LogP contribution is -2.24. The average Bonchev–Trinajstić information content (AvgIpc) is 2.65. The van der Waals surface area contributed by atoms with Crippen LogP contribution in [-0.2, 0) is 11.0 Å². The topological polar surface area (TPSA) is 67.2 Å². The standard InChI is InChI=1S/C11H12F3N3O/c12-11(13,14)8-3-6(15)1-2-9(8)17-7-4-10(18)16-5-7/h1-3,7,17H,4-5,15H2,(H,16,18). The van der Waals surface area contributed by atoms with E-state index >= 15 is 0 Å². The van der Waals surface area contributed by atoms with Gasteiger partial charge in [-0.3, -0.25) is 4.79 Å². The van der Waals surface area contributed by atoms with Crippen LogP contribution in [0.3, 0.4) is 0 Å². The van der Waals surface area contributed by atoms with Crippen LogP contribution < -0.4 is 16.4 Å². The summed E-state index contributed by atoms with van der Waals surface area (Å²) in [7, 11) is 0. The molecule has 1 amide bonds. The molecule has 0 saturated carbocycles. The monoisotopic (exact) mass is 259 g/mol. The van der Waals surface area contributed by atoms with E-state index in [4.69, 9.17) is 5.73 Å². The van der Waals surface area contributed by atoms with Gasteiger partial charge in [0.1, 0.15) is 0 Å². The highest BCUT2D eigenvalue weighted by molar-refractivity contribution is 5.79. The molecule has 2 rings (SSSR count). The van der Waals surface area contributed by atoms with E-state index in [1.165, 1.54) is 12.1 Å². The molecule has 1 saturated heterocycles. The Morgan fingerprint density at radius 3 is 2.67 bits per heavy atom. The van der Waals surface area contributed by atoms with Crippen LogP contribution in [0.25, 0.3) is 0 Å². The molecule has 0 spiro atoms. The Hall–Kier alpha value is -1.92. The lowest BCUT2D eigenvalue weighted by Gasteiger charge is -2.18. The van der Waals surface area contributed by atoms with Crippen LogP contribution in [0, 0.1) is 0 Å². The number of anilines is 2. The predicted octanol–water partition coefficient (Wildman–Crippen LogP) is 1.59. The highest BCUT2D eigenvalue weighted by Gasteiger charge is 2.34. The Morgan fingerprint density at radius 1 is 1.39 bits per heavy atom. The van der Waals surface area contributed by atoms with Crippen molar-refractivity contribution in [3.05, 3.63) is 23.8 Å². The molecule has 18 heavy (non-hydrogen) atoms. The number of hydrogen-bond acceptors (Lipinski definition) is 3. The van der Waals surface area contributed by atoms with Crippen LogP contribution >= 0.6 is 0 Å². The number of carbonyl (C=O) groups excluding carboxylic acids is 1. The van der Waals surface area contributed by atoms with Gasteiger partial charge in [-0.05, 0) is 18.2 Å². The van der Waals surface area contributed by atoms with Crippen LogP contribution in [0.5, 0.6) is 0 Å². The molecular formula is C11H12F3N3O. The summed E-state index contributed by atoms with van der Waals surface area (Å²) in [5.74, 6) is -0.170. The third kappa shape index (κ3) is 2.66. The highest BCUT2D eigenvalue weighted by atomic mass is 19.4. The van der Waals surface area contributed by atoms with Gasteiger partial charge in [0.2, 0.25) is 5.91 Å². The van der Waals surface area contributed by atoms with E-state index in [2.05, 4.69) is 10.6 Å². The Morgan fingerprint density at radius 2 is 2.11 bits per heavy atom. The Balaban J connectivity index is 2.24.